The molecule has 3 N–H and O–H groups in total. The highest BCUT2D eigenvalue weighted by atomic mass is 15.1. The van der Waals surface area contributed by atoms with E-state index in [4.69, 9.17) is 0 Å². The number of piperidine rings is 1. The molecule has 112 valence electrons. The minimum Gasteiger partial charge on any atom is -0.365 e. The quantitative estimate of drug-likeness (QED) is 0.811. The van der Waals surface area contributed by atoms with E-state index in [0.717, 1.165) is 24.6 Å². The predicted molar refractivity (Wildman–Crippen MR) is 84.6 cm³/mol. The molecule has 5 nitrogen and oxygen atoms in total. The van der Waals surface area contributed by atoms with Gasteiger partial charge in [0.15, 0.2) is 0 Å². The molecule has 21 heavy (non-hydrogen) atoms. The van der Waals surface area contributed by atoms with Gasteiger partial charge >= 0.3 is 0 Å². The highest BCUT2D eigenvalue weighted by molar-refractivity contribution is 5.91. The Morgan fingerprint density at radius 1 is 1.10 bits per heavy atom. The van der Waals surface area contributed by atoms with Gasteiger partial charge in [0.2, 0.25) is 0 Å². The zero-order chi connectivity index (χ0) is 14.1. The summed E-state index contributed by atoms with van der Waals surface area (Å²) in [6.07, 6.45) is 11.5. The number of hydrogen-bond acceptors (Lipinski definition) is 4. The lowest BCUT2D eigenvalue weighted by molar-refractivity contribution is 0.479. The standard InChI is InChI=1S/C16H23N5/c1-2-5-11(4-1)13-9-18-15-14(13)16(20-10-19-15)21-12-6-3-7-17-8-12/h9-12,17H,1-8H2,(H2,18,19,20,21)/t12-/m1/s1. The summed E-state index contributed by atoms with van der Waals surface area (Å²) in [7, 11) is 0. The van der Waals surface area contributed by atoms with Crippen LogP contribution in [0.2, 0.25) is 0 Å². The number of aromatic amines is 1. The van der Waals surface area contributed by atoms with Crippen LogP contribution in [0.4, 0.5) is 5.82 Å². The Hall–Kier alpha value is -1.62. The van der Waals surface area contributed by atoms with Crippen LogP contribution < -0.4 is 10.6 Å². The Morgan fingerprint density at radius 3 is 2.81 bits per heavy atom. The van der Waals surface area contributed by atoms with Crippen molar-refractivity contribution in [3.63, 3.8) is 0 Å². The van der Waals surface area contributed by atoms with E-state index in [9.17, 15) is 0 Å². The number of nitrogens with one attached hydrogen (secondary N) is 3. The topological polar surface area (TPSA) is 65.6 Å². The highest BCUT2D eigenvalue weighted by Gasteiger charge is 2.23. The normalized spacial score (nSPS) is 23.7. The lowest BCUT2D eigenvalue weighted by atomic mass is 9.98. The van der Waals surface area contributed by atoms with E-state index in [1.807, 2.05) is 0 Å². The Balaban J connectivity index is 1.68. The van der Waals surface area contributed by atoms with E-state index in [1.165, 1.54) is 49.5 Å². The van der Waals surface area contributed by atoms with Gasteiger partial charge in [0.1, 0.15) is 17.8 Å². The predicted octanol–water partition coefficient (Wildman–Crippen LogP) is 2.78. The van der Waals surface area contributed by atoms with Gasteiger partial charge in [-0.05, 0) is 43.7 Å². The van der Waals surface area contributed by atoms with Gasteiger partial charge in [0.25, 0.3) is 0 Å². The molecular weight excluding hydrogens is 262 g/mol. The summed E-state index contributed by atoms with van der Waals surface area (Å²) < 4.78 is 0. The first-order valence-corrected chi connectivity index (χ1v) is 8.21. The van der Waals surface area contributed by atoms with Crippen molar-refractivity contribution in [1.29, 1.82) is 0 Å². The van der Waals surface area contributed by atoms with Crippen molar-refractivity contribution in [2.45, 2.75) is 50.5 Å². The number of rotatable bonds is 3. The summed E-state index contributed by atoms with van der Waals surface area (Å²) >= 11 is 0. The molecule has 5 heteroatoms. The molecule has 2 aromatic heterocycles. The van der Waals surface area contributed by atoms with Crippen LogP contribution in [0.5, 0.6) is 0 Å². The second-order valence-corrected chi connectivity index (χ2v) is 6.36. The fraction of sp³-hybridized carbons (Fsp3) is 0.625. The van der Waals surface area contributed by atoms with E-state index in [1.54, 1.807) is 6.33 Å². The van der Waals surface area contributed by atoms with Gasteiger partial charge in [0, 0.05) is 18.8 Å². The summed E-state index contributed by atoms with van der Waals surface area (Å²) in [6.45, 7) is 2.16. The van der Waals surface area contributed by atoms with Crippen molar-refractivity contribution in [3.8, 4) is 0 Å². The average molecular weight is 285 g/mol. The number of H-pyrrole nitrogens is 1. The maximum absolute atomic E-state index is 4.54. The van der Waals surface area contributed by atoms with Crippen molar-refractivity contribution in [2.24, 2.45) is 0 Å². The van der Waals surface area contributed by atoms with Crippen LogP contribution in [0.1, 0.15) is 50.0 Å². The third kappa shape index (κ3) is 2.50. The Bertz CT molecular complexity index is 608. The van der Waals surface area contributed by atoms with Gasteiger partial charge in [-0.25, -0.2) is 9.97 Å². The molecule has 0 spiro atoms. The molecule has 2 fully saturated rings. The van der Waals surface area contributed by atoms with Crippen LogP contribution in [0.3, 0.4) is 0 Å². The highest BCUT2D eigenvalue weighted by Crippen LogP contribution is 2.39. The number of hydrogen-bond donors (Lipinski definition) is 3. The van der Waals surface area contributed by atoms with Crippen LogP contribution in [0.15, 0.2) is 12.5 Å². The maximum atomic E-state index is 4.54. The maximum Gasteiger partial charge on any atom is 0.143 e. The number of nitrogens with zero attached hydrogens (tertiary/aromatic N) is 2. The van der Waals surface area contributed by atoms with Crippen LogP contribution >= 0.6 is 0 Å². The van der Waals surface area contributed by atoms with E-state index >= 15 is 0 Å². The SMILES string of the molecule is c1nc(N[C@@H]2CCCNC2)c2c(C3CCCC3)c[nH]c2n1. The molecule has 2 aliphatic rings. The van der Waals surface area contributed by atoms with Gasteiger partial charge in [-0.15, -0.1) is 0 Å². The van der Waals surface area contributed by atoms with Crippen LogP contribution in [0, 0.1) is 0 Å². The Labute approximate surface area is 124 Å². The van der Waals surface area contributed by atoms with Crippen LogP contribution in [-0.4, -0.2) is 34.1 Å². The molecule has 2 aromatic rings. The van der Waals surface area contributed by atoms with Gasteiger partial charge in [-0.3, -0.25) is 0 Å². The molecule has 1 saturated carbocycles. The van der Waals surface area contributed by atoms with Crippen molar-refractivity contribution >= 4 is 16.9 Å². The molecule has 0 amide bonds. The minimum absolute atomic E-state index is 0.475. The molecular formula is C16H23N5. The first kappa shape index (κ1) is 13.1. The number of anilines is 1. The van der Waals surface area contributed by atoms with Crippen molar-refractivity contribution < 1.29 is 0 Å². The zero-order valence-corrected chi connectivity index (χ0v) is 12.4. The molecule has 1 atom stereocenters. The summed E-state index contributed by atoms with van der Waals surface area (Å²) in [5.74, 6) is 1.69. The first-order chi connectivity index (χ1) is 10.4. The molecule has 0 aromatic carbocycles. The van der Waals surface area contributed by atoms with Crippen LogP contribution in [0.25, 0.3) is 11.0 Å². The van der Waals surface area contributed by atoms with Gasteiger partial charge in [-0.2, -0.15) is 0 Å². The summed E-state index contributed by atoms with van der Waals surface area (Å²) in [6, 6.07) is 0.475. The third-order valence-electron chi connectivity index (χ3n) is 4.93. The van der Waals surface area contributed by atoms with E-state index in [-0.39, 0.29) is 0 Å². The molecule has 4 rings (SSSR count). The number of aromatic nitrogens is 3. The summed E-state index contributed by atoms with van der Waals surface area (Å²) in [5, 5.41) is 8.31. The second-order valence-electron chi connectivity index (χ2n) is 6.36. The second kappa shape index (κ2) is 5.64. The molecule has 1 aliphatic heterocycles. The van der Waals surface area contributed by atoms with E-state index in [2.05, 4.69) is 31.8 Å². The van der Waals surface area contributed by atoms with Gasteiger partial charge < -0.3 is 15.6 Å². The first-order valence-electron chi connectivity index (χ1n) is 8.21. The molecule has 0 unspecified atom stereocenters. The van der Waals surface area contributed by atoms with E-state index in [0.29, 0.717) is 12.0 Å². The summed E-state index contributed by atoms with van der Waals surface area (Å²) in [5.41, 5.74) is 2.38. The average Bonchev–Trinajstić information content (AvgIpc) is 3.17. The molecule has 1 aliphatic carbocycles. The minimum atomic E-state index is 0.475. The summed E-state index contributed by atoms with van der Waals surface area (Å²) in [4.78, 5) is 12.3. The third-order valence-corrected chi connectivity index (χ3v) is 4.93. The lowest BCUT2D eigenvalue weighted by Gasteiger charge is -2.24. The Morgan fingerprint density at radius 2 is 2.00 bits per heavy atom. The number of fused-ring (bicyclic) bond motifs is 1. The van der Waals surface area contributed by atoms with Gasteiger partial charge in [-0.1, -0.05) is 12.8 Å². The fourth-order valence-electron chi connectivity index (χ4n) is 3.82. The monoisotopic (exact) mass is 285 g/mol. The fourth-order valence-corrected chi connectivity index (χ4v) is 3.82. The molecule has 3 heterocycles. The van der Waals surface area contributed by atoms with Crippen molar-refractivity contribution in [2.75, 3.05) is 18.4 Å². The van der Waals surface area contributed by atoms with Crippen LogP contribution in [-0.2, 0) is 0 Å². The van der Waals surface area contributed by atoms with Crippen molar-refractivity contribution in [3.05, 3.63) is 18.1 Å². The van der Waals surface area contributed by atoms with E-state index < -0.39 is 0 Å². The molecule has 0 radical (unpaired) electrons. The Kier molecular flexibility index (Phi) is 3.51. The van der Waals surface area contributed by atoms with Gasteiger partial charge in [0.05, 0.1) is 5.39 Å². The van der Waals surface area contributed by atoms with Crippen molar-refractivity contribution in [1.82, 2.24) is 20.3 Å². The smallest absolute Gasteiger partial charge is 0.143 e. The molecule has 0 bridgehead atoms. The zero-order valence-electron chi connectivity index (χ0n) is 12.4. The molecule has 1 saturated heterocycles. The largest absolute Gasteiger partial charge is 0.365 e. The lowest BCUT2D eigenvalue weighted by Crippen LogP contribution is -2.38.